The summed E-state index contributed by atoms with van der Waals surface area (Å²) in [7, 11) is 3.27. The predicted octanol–water partition coefficient (Wildman–Crippen LogP) is 2.19. The van der Waals surface area contributed by atoms with Crippen LogP contribution in [0.2, 0.25) is 0 Å². The Morgan fingerprint density at radius 1 is 1.16 bits per heavy atom. The van der Waals surface area contributed by atoms with E-state index < -0.39 is 0 Å². The van der Waals surface area contributed by atoms with Crippen LogP contribution in [0.4, 0.5) is 5.82 Å². The van der Waals surface area contributed by atoms with Crippen LogP contribution in [0.25, 0.3) is 11.4 Å². The van der Waals surface area contributed by atoms with Crippen LogP contribution in [-0.4, -0.2) is 24.2 Å². The number of ether oxygens (including phenoxy) is 2. The molecular weight excluding hydrogens is 242 g/mol. The average Bonchev–Trinajstić information content (AvgIpc) is 2.38. The third kappa shape index (κ3) is 3.00. The molecule has 0 amide bonds. The van der Waals surface area contributed by atoms with Crippen molar-refractivity contribution in [3.05, 3.63) is 35.5 Å². The first-order valence-electron chi connectivity index (χ1n) is 5.91. The minimum atomic E-state index is 0.412. The minimum Gasteiger partial charge on any atom is -0.496 e. The number of nitrogens with two attached hydrogens (primary N) is 1. The number of rotatable bonds is 4. The lowest BCUT2D eigenvalue weighted by Gasteiger charge is -2.08. The zero-order chi connectivity index (χ0) is 13.8. The van der Waals surface area contributed by atoms with Crippen molar-refractivity contribution in [2.45, 2.75) is 13.5 Å². The lowest BCUT2D eigenvalue weighted by Crippen LogP contribution is -2.01. The molecule has 5 nitrogen and oxygen atoms in total. The Morgan fingerprint density at radius 2 is 1.95 bits per heavy atom. The summed E-state index contributed by atoms with van der Waals surface area (Å²) in [6.07, 6.45) is 0. The fourth-order valence-corrected chi connectivity index (χ4v) is 1.89. The molecule has 0 aliphatic rings. The molecule has 0 aliphatic carbocycles. The first-order chi connectivity index (χ1) is 9.13. The lowest BCUT2D eigenvalue weighted by atomic mass is 10.1. The van der Waals surface area contributed by atoms with Crippen LogP contribution in [0.1, 0.15) is 11.3 Å². The summed E-state index contributed by atoms with van der Waals surface area (Å²) in [6, 6.07) is 7.50. The van der Waals surface area contributed by atoms with Crippen molar-refractivity contribution in [1.82, 2.24) is 9.97 Å². The van der Waals surface area contributed by atoms with Gasteiger partial charge in [-0.05, 0) is 30.7 Å². The van der Waals surface area contributed by atoms with Gasteiger partial charge >= 0.3 is 0 Å². The Hall–Kier alpha value is -2.14. The first kappa shape index (κ1) is 13.3. The molecule has 0 saturated carbocycles. The normalized spacial score (nSPS) is 10.5. The second kappa shape index (κ2) is 5.67. The summed E-state index contributed by atoms with van der Waals surface area (Å²) < 4.78 is 10.3. The van der Waals surface area contributed by atoms with E-state index in [-0.39, 0.29) is 0 Å². The van der Waals surface area contributed by atoms with Crippen LogP contribution < -0.4 is 10.5 Å². The molecule has 100 valence electrons. The first-order valence-corrected chi connectivity index (χ1v) is 5.91. The molecule has 2 N–H and O–H groups in total. The molecule has 0 bridgehead atoms. The van der Waals surface area contributed by atoms with Gasteiger partial charge < -0.3 is 15.2 Å². The summed E-state index contributed by atoms with van der Waals surface area (Å²) in [5, 5.41) is 0. The molecule has 0 radical (unpaired) electrons. The fourth-order valence-electron chi connectivity index (χ4n) is 1.89. The van der Waals surface area contributed by atoms with Gasteiger partial charge in [0.25, 0.3) is 0 Å². The van der Waals surface area contributed by atoms with Crippen molar-refractivity contribution in [2.75, 3.05) is 20.0 Å². The van der Waals surface area contributed by atoms with Crippen LogP contribution in [0.15, 0.2) is 24.3 Å². The van der Waals surface area contributed by atoms with Gasteiger partial charge in [0.1, 0.15) is 11.6 Å². The molecule has 1 aromatic heterocycles. The minimum absolute atomic E-state index is 0.412. The van der Waals surface area contributed by atoms with Crippen LogP contribution in [-0.2, 0) is 11.3 Å². The van der Waals surface area contributed by atoms with E-state index in [1.54, 1.807) is 20.3 Å². The van der Waals surface area contributed by atoms with Gasteiger partial charge in [-0.3, -0.25) is 0 Å². The van der Waals surface area contributed by atoms with E-state index in [9.17, 15) is 0 Å². The smallest absolute Gasteiger partial charge is 0.161 e. The second-order valence-electron chi connectivity index (χ2n) is 4.23. The van der Waals surface area contributed by atoms with Crippen LogP contribution in [0.5, 0.6) is 5.75 Å². The highest BCUT2D eigenvalue weighted by atomic mass is 16.5. The van der Waals surface area contributed by atoms with Crippen LogP contribution >= 0.6 is 0 Å². The summed E-state index contributed by atoms with van der Waals surface area (Å²) in [4.78, 5) is 8.69. The average molecular weight is 259 g/mol. The van der Waals surface area contributed by atoms with Crippen molar-refractivity contribution in [2.24, 2.45) is 0 Å². The molecular formula is C14H17N3O2. The lowest BCUT2D eigenvalue weighted by molar-refractivity contribution is 0.181. The number of nitrogen functional groups attached to an aromatic ring is 1. The summed E-state index contributed by atoms with van der Waals surface area (Å²) >= 11 is 0. The van der Waals surface area contributed by atoms with E-state index in [0.717, 1.165) is 22.6 Å². The number of aryl methyl sites for hydroxylation is 1. The Morgan fingerprint density at radius 3 is 2.58 bits per heavy atom. The Bertz CT molecular complexity index is 585. The molecule has 0 saturated heterocycles. The molecule has 0 aliphatic heterocycles. The standard InChI is InChI=1S/C14H17N3O2/c1-9-6-10(4-5-12(9)19-3)14-16-11(8-18-2)7-13(15)17-14/h4-7H,8H2,1-3H3,(H2,15,16,17). The van der Waals surface area contributed by atoms with E-state index in [4.69, 9.17) is 15.2 Å². The van der Waals surface area contributed by atoms with Gasteiger partial charge in [0, 0.05) is 18.7 Å². The van der Waals surface area contributed by atoms with E-state index in [1.807, 2.05) is 25.1 Å². The monoisotopic (exact) mass is 259 g/mol. The third-order valence-corrected chi connectivity index (χ3v) is 2.74. The van der Waals surface area contributed by atoms with Gasteiger partial charge in [-0.1, -0.05) is 0 Å². The van der Waals surface area contributed by atoms with Crippen molar-refractivity contribution in [1.29, 1.82) is 0 Å². The van der Waals surface area contributed by atoms with E-state index in [2.05, 4.69) is 9.97 Å². The van der Waals surface area contributed by atoms with E-state index >= 15 is 0 Å². The third-order valence-electron chi connectivity index (χ3n) is 2.74. The molecule has 5 heteroatoms. The second-order valence-corrected chi connectivity index (χ2v) is 4.23. The Balaban J connectivity index is 2.43. The maximum absolute atomic E-state index is 5.79. The molecule has 0 unspecified atom stereocenters. The van der Waals surface area contributed by atoms with Crippen molar-refractivity contribution in [3.8, 4) is 17.1 Å². The Kier molecular flexibility index (Phi) is 3.97. The highest BCUT2D eigenvalue weighted by molar-refractivity contribution is 5.60. The van der Waals surface area contributed by atoms with Gasteiger partial charge in [-0.15, -0.1) is 0 Å². The quantitative estimate of drug-likeness (QED) is 0.911. The maximum Gasteiger partial charge on any atom is 0.161 e. The molecule has 0 spiro atoms. The van der Waals surface area contributed by atoms with Crippen LogP contribution in [0.3, 0.4) is 0 Å². The number of hydrogen-bond acceptors (Lipinski definition) is 5. The van der Waals surface area contributed by atoms with E-state index in [1.165, 1.54) is 0 Å². The molecule has 19 heavy (non-hydrogen) atoms. The number of aromatic nitrogens is 2. The van der Waals surface area contributed by atoms with Gasteiger partial charge in [-0.25, -0.2) is 9.97 Å². The number of anilines is 1. The van der Waals surface area contributed by atoms with E-state index in [0.29, 0.717) is 18.2 Å². The van der Waals surface area contributed by atoms with Crippen molar-refractivity contribution >= 4 is 5.82 Å². The highest BCUT2D eigenvalue weighted by Gasteiger charge is 2.07. The zero-order valence-corrected chi connectivity index (χ0v) is 11.3. The number of nitrogens with zero attached hydrogens (tertiary/aromatic N) is 2. The van der Waals surface area contributed by atoms with Gasteiger partial charge in [0.15, 0.2) is 5.82 Å². The Labute approximate surface area is 112 Å². The van der Waals surface area contributed by atoms with Gasteiger partial charge in [-0.2, -0.15) is 0 Å². The van der Waals surface area contributed by atoms with Crippen molar-refractivity contribution < 1.29 is 9.47 Å². The zero-order valence-electron chi connectivity index (χ0n) is 11.3. The summed E-state index contributed by atoms with van der Waals surface area (Å²) in [5.41, 5.74) is 8.48. The molecule has 1 heterocycles. The summed E-state index contributed by atoms with van der Waals surface area (Å²) in [6.45, 7) is 2.39. The van der Waals surface area contributed by atoms with Gasteiger partial charge in [0.2, 0.25) is 0 Å². The van der Waals surface area contributed by atoms with Crippen LogP contribution in [0, 0.1) is 6.92 Å². The fraction of sp³-hybridized carbons (Fsp3) is 0.286. The predicted molar refractivity (Wildman–Crippen MR) is 73.9 cm³/mol. The van der Waals surface area contributed by atoms with Crippen molar-refractivity contribution in [3.63, 3.8) is 0 Å². The molecule has 0 atom stereocenters. The molecule has 2 aromatic rings. The number of benzene rings is 1. The number of hydrogen-bond donors (Lipinski definition) is 1. The summed E-state index contributed by atoms with van der Waals surface area (Å²) in [5.74, 6) is 1.87. The molecule has 2 rings (SSSR count). The molecule has 0 fully saturated rings. The SMILES string of the molecule is COCc1cc(N)nc(-c2ccc(OC)c(C)c2)n1. The highest BCUT2D eigenvalue weighted by Crippen LogP contribution is 2.24. The topological polar surface area (TPSA) is 70.3 Å². The maximum atomic E-state index is 5.79. The largest absolute Gasteiger partial charge is 0.496 e. The van der Waals surface area contributed by atoms with Gasteiger partial charge in [0.05, 0.1) is 19.4 Å². The number of methoxy groups -OCH3 is 2. The molecule has 1 aromatic carbocycles.